The van der Waals surface area contributed by atoms with Crippen molar-refractivity contribution in [2.24, 2.45) is 0 Å². The van der Waals surface area contributed by atoms with Gasteiger partial charge in [0.15, 0.2) is 0 Å². The first-order chi connectivity index (χ1) is 17.7. The Morgan fingerprint density at radius 1 is 1.19 bits per heavy atom. The molecule has 1 saturated heterocycles. The number of carbonyl (C=O) groups is 1. The Morgan fingerprint density at radius 2 is 1.92 bits per heavy atom. The van der Waals surface area contributed by atoms with Crippen molar-refractivity contribution in [1.29, 1.82) is 0 Å². The van der Waals surface area contributed by atoms with E-state index >= 15 is 0 Å². The number of rotatable bonds is 7. The summed E-state index contributed by atoms with van der Waals surface area (Å²) in [5.74, 6) is 0.681. The van der Waals surface area contributed by atoms with Gasteiger partial charge < -0.3 is 24.8 Å². The number of amides is 1. The zero-order valence-electron chi connectivity index (χ0n) is 21.9. The first-order valence-corrected chi connectivity index (χ1v) is 12.9. The number of ether oxygens (including phenoxy) is 1. The van der Waals surface area contributed by atoms with E-state index in [9.17, 15) is 4.79 Å². The number of likely N-dealkylation sites (N-methyl/N-ethyl adjacent to an activating group) is 1. The number of nitrogens with one attached hydrogen (secondary N) is 1. The second-order valence-corrected chi connectivity index (χ2v) is 10.2. The number of piperazine rings is 1. The Morgan fingerprint density at radius 3 is 2.57 bits per heavy atom. The average Bonchev–Trinajstić information content (AvgIpc) is 2.88. The van der Waals surface area contributed by atoms with Crippen LogP contribution in [0.25, 0.3) is 0 Å². The number of benzene rings is 1. The first kappa shape index (κ1) is 27.2. The Balaban J connectivity index is 1.58. The van der Waals surface area contributed by atoms with Gasteiger partial charge in [0.1, 0.15) is 11.4 Å². The Bertz CT molecular complexity index is 1220. The van der Waals surface area contributed by atoms with E-state index in [0.717, 1.165) is 37.4 Å². The highest BCUT2D eigenvalue weighted by Gasteiger charge is 2.33. The predicted molar refractivity (Wildman–Crippen MR) is 150 cm³/mol. The average molecular weight is 547 g/mol. The number of methoxy groups -OCH3 is 1. The largest absolute Gasteiger partial charge is 0.380 e. The maximum Gasteiger partial charge on any atom is 0.265 e. The van der Waals surface area contributed by atoms with Crippen LogP contribution in [0.15, 0.2) is 46.2 Å². The van der Waals surface area contributed by atoms with Gasteiger partial charge >= 0.3 is 0 Å². The lowest BCUT2D eigenvalue weighted by Gasteiger charge is -2.36. The number of hydrogen-bond donors (Lipinski definition) is 1. The highest BCUT2D eigenvalue weighted by molar-refractivity contribution is 6.35. The van der Waals surface area contributed by atoms with Crippen LogP contribution in [0.4, 0.5) is 23.1 Å². The minimum Gasteiger partial charge on any atom is -0.380 e. The lowest BCUT2D eigenvalue weighted by Crippen LogP contribution is -2.45. The summed E-state index contributed by atoms with van der Waals surface area (Å²) in [5.41, 5.74) is 3.96. The third kappa shape index (κ3) is 5.85. The van der Waals surface area contributed by atoms with Crippen LogP contribution in [-0.2, 0) is 11.3 Å². The van der Waals surface area contributed by atoms with Gasteiger partial charge in [-0.2, -0.15) is 4.98 Å². The van der Waals surface area contributed by atoms with Gasteiger partial charge in [-0.1, -0.05) is 29.3 Å². The van der Waals surface area contributed by atoms with E-state index in [1.54, 1.807) is 27.0 Å². The maximum absolute atomic E-state index is 13.3. The molecule has 4 rings (SSSR count). The third-order valence-corrected chi connectivity index (χ3v) is 7.09. The van der Waals surface area contributed by atoms with Crippen molar-refractivity contribution in [2.45, 2.75) is 20.5 Å². The number of nitrogens with zero attached hydrogens (tertiary/aromatic N) is 6. The Hall–Kier alpha value is -2.85. The molecule has 2 aromatic rings. The second-order valence-electron chi connectivity index (χ2n) is 9.21. The summed E-state index contributed by atoms with van der Waals surface area (Å²) in [7, 11) is 5.71. The van der Waals surface area contributed by atoms with E-state index in [-0.39, 0.29) is 12.6 Å². The summed E-state index contributed by atoms with van der Waals surface area (Å²) in [4.78, 5) is 30.5. The summed E-state index contributed by atoms with van der Waals surface area (Å²) in [6, 6.07) is 6.20. The number of allylic oxidation sites excluding steroid dienone is 3. The van der Waals surface area contributed by atoms with Gasteiger partial charge in [0.2, 0.25) is 5.95 Å². The molecular formula is C26H33Cl2N7O2. The van der Waals surface area contributed by atoms with E-state index in [4.69, 9.17) is 27.9 Å². The quantitative estimate of drug-likeness (QED) is 0.506. The minimum atomic E-state index is -0.256. The SMILES string of the molecule is C/C=C(Cl)\C(=C(/C)Cl)N1CN(C)c2nc(Nc3ccc(N4CCN(C)CC4)c(COC)c3)ncc2C1=O. The summed E-state index contributed by atoms with van der Waals surface area (Å²) < 4.78 is 5.49. The highest BCUT2D eigenvalue weighted by Crippen LogP contribution is 2.33. The molecule has 0 atom stereocenters. The summed E-state index contributed by atoms with van der Waals surface area (Å²) in [6.45, 7) is 8.27. The molecule has 0 aliphatic carbocycles. The van der Waals surface area contributed by atoms with Crippen molar-refractivity contribution in [3.63, 3.8) is 0 Å². The zero-order chi connectivity index (χ0) is 26.7. The summed E-state index contributed by atoms with van der Waals surface area (Å²) >= 11 is 12.7. The monoisotopic (exact) mass is 545 g/mol. The number of anilines is 4. The molecule has 0 radical (unpaired) electrons. The van der Waals surface area contributed by atoms with Gasteiger partial charge in [-0.05, 0) is 39.1 Å². The van der Waals surface area contributed by atoms with Crippen LogP contribution in [0, 0.1) is 0 Å². The third-order valence-electron chi connectivity index (χ3n) is 6.51. The number of halogens is 2. The molecule has 37 heavy (non-hydrogen) atoms. The summed E-state index contributed by atoms with van der Waals surface area (Å²) in [5, 5.41) is 4.12. The standard InChI is InChI=1S/C26H33Cl2N7O2/c1-6-21(28)23(17(2)27)35-16-33(4)24-20(25(35)36)14-29-26(31-24)30-19-7-8-22(18(13-19)15-37-5)34-11-9-32(3)10-12-34/h6-8,13-14H,9-12,15-16H2,1-5H3,(H,29,30,31)/b21-6+,23-17-. The normalized spacial score (nSPS) is 17.6. The molecule has 0 spiro atoms. The highest BCUT2D eigenvalue weighted by atomic mass is 35.5. The molecule has 0 bridgehead atoms. The second kappa shape index (κ2) is 11.7. The van der Waals surface area contributed by atoms with Crippen molar-refractivity contribution in [3.8, 4) is 0 Å². The molecule has 2 aliphatic heterocycles. The van der Waals surface area contributed by atoms with E-state index in [1.165, 1.54) is 16.8 Å². The number of carbonyl (C=O) groups excluding carboxylic acids is 1. The molecule has 0 unspecified atom stereocenters. The Labute approximate surface area is 228 Å². The maximum atomic E-state index is 13.3. The van der Waals surface area contributed by atoms with Gasteiger partial charge in [-0.15, -0.1) is 0 Å². The fourth-order valence-electron chi connectivity index (χ4n) is 4.57. The minimum absolute atomic E-state index is 0.253. The van der Waals surface area contributed by atoms with Crippen LogP contribution in [0.1, 0.15) is 29.8 Å². The van der Waals surface area contributed by atoms with Crippen molar-refractivity contribution in [3.05, 3.63) is 57.4 Å². The van der Waals surface area contributed by atoms with Crippen LogP contribution in [0.2, 0.25) is 0 Å². The molecular weight excluding hydrogens is 513 g/mol. The zero-order valence-corrected chi connectivity index (χ0v) is 23.4. The molecule has 11 heteroatoms. The van der Waals surface area contributed by atoms with Crippen molar-refractivity contribution in [2.75, 3.05) is 69.2 Å². The topological polar surface area (TPSA) is 77.1 Å². The van der Waals surface area contributed by atoms with Crippen LogP contribution < -0.4 is 15.1 Å². The fourth-order valence-corrected chi connectivity index (χ4v) is 5.07. The van der Waals surface area contributed by atoms with Crippen LogP contribution >= 0.6 is 23.2 Å². The number of aromatic nitrogens is 2. The first-order valence-electron chi connectivity index (χ1n) is 12.1. The predicted octanol–water partition coefficient (Wildman–Crippen LogP) is 4.58. The molecule has 1 aromatic carbocycles. The van der Waals surface area contributed by atoms with Gasteiger partial charge in [0.05, 0.1) is 24.0 Å². The molecule has 198 valence electrons. The van der Waals surface area contributed by atoms with Gasteiger partial charge in [0.25, 0.3) is 5.91 Å². The van der Waals surface area contributed by atoms with Crippen molar-refractivity contribution < 1.29 is 9.53 Å². The van der Waals surface area contributed by atoms with E-state index in [1.807, 2.05) is 18.0 Å². The Kier molecular flexibility index (Phi) is 8.59. The molecule has 9 nitrogen and oxygen atoms in total. The van der Waals surface area contributed by atoms with Crippen LogP contribution in [0.5, 0.6) is 0 Å². The molecule has 1 N–H and O–H groups in total. The smallest absolute Gasteiger partial charge is 0.265 e. The lowest BCUT2D eigenvalue weighted by molar-refractivity contribution is 0.0798. The summed E-state index contributed by atoms with van der Waals surface area (Å²) in [6.07, 6.45) is 3.25. The van der Waals surface area contributed by atoms with Crippen molar-refractivity contribution in [1.82, 2.24) is 19.8 Å². The fraction of sp³-hybridized carbons (Fsp3) is 0.423. The number of fused-ring (bicyclic) bond motifs is 1. The van der Waals surface area contributed by atoms with Crippen LogP contribution in [0.3, 0.4) is 0 Å². The van der Waals surface area contributed by atoms with Gasteiger partial charge in [-0.25, -0.2) is 4.98 Å². The number of hydrogen-bond acceptors (Lipinski definition) is 8. The van der Waals surface area contributed by atoms with E-state index < -0.39 is 0 Å². The van der Waals surface area contributed by atoms with E-state index in [2.05, 4.69) is 44.3 Å². The molecule has 1 amide bonds. The molecule has 3 heterocycles. The molecule has 0 saturated carbocycles. The molecule has 2 aliphatic rings. The molecule has 1 fully saturated rings. The van der Waals surface area contributed by atoms with E-state index in [0.29, 0.717) is 39.7 Å². The lowest BCUT2D eigenvalue weighted by atomic mass is 10.1. The van der Waals surface area contributed by atoms with Gasteiger partial charge in [-0.3, -0.25) is 9.69 Å². The van der Waals surface area contributed by atoms with Crippen molar-refractivity contribution >= 4 is 52.3 Å². The molecule has 1 aromatic heterocycles. The van der Waals surface area contributed by atoms with Gasteiger partial charge in [0, 0.05) is 68.5 Å². The van der Waals surface area contributed by atoms with Crippen LogP contribution in [-0.4, -0.2) is 79.7 Å².